The molecule has 0 heterocycles. The van der Waals surface area contributed by atoms with Crippen molar-refractivity contribution >= 4 is 9.84 Å². The Morgan fingerprint density at radius 2 is 1.62 bits per heavy atom. The molecule has 0 fully saturated rings. The van der Waals surface area contributed by atoms with E-state index in [-0.39, 0.29) is 5.41 Å². The third-order valence-corrected chi connectivity index (χ3v) is 9.41. The van der Waals surface area contributed by atoms with Crippen LogP contribution in [0.3, 0.4) is 0 Å². The summed E-state index contributed by atoms with van der Waals surface area (Å²) in [6.45, 7) is 17.4. The number of benzene rings is 1. The molecule has 2 unspecified atom stereocenters. The average molecular weight is 485 g/mol. The van der Waals surface area contributed by atoms with E-state index >= 15 is 0 Å². The molecule has 34 heavy (non-hydrogen) atoms. The van der Waals surface area contributed by atoms with Crippen molar-refractivity contribution in [3.63, 3.8) is 0 Å². The van der Waals surface area contributed by atoms with Gasteiger partial charge in [-0.1, -0.05) is 80.0 Å². The van der Waals surface area contributed by atoms with Gasteiger partial charge in [0.2, 0.25) is 9.84 Å². The molecule has 1 aromatic rings. The molecule has 2 nitrogen and oxygen atoms in total. The maximum absolute atomic E-state index is 13.0. The van der Waals surface area contributed by atoms with Crippen LogP contribution in [0, 0.1) is 11.3 Å². The van der Waals surface area contributed by atoms with Crippen LogP contribution < -0.4 is 0 Å². The molecule has 0 aromatic heterocycles. The van der Waals surface area contributed by atoms with Crippen molar-refractivity contribution in [3.05, 3.63) is 76.3 Å². The van der Waals surface area contributed by atoms with Gasteiger partial charge in [0, 0.05) is 11.3 Å². The highest BCUT2D eigenvalue weighted by Crippen LogP contribution is 2.37. The van der Waals surface area contributed by atoms with Crippen molar-refractivity contribution in [2.75, 3.05) is 0 Å². The van der Waals surface area contributed by atoms with Crippen LogP contribution >= 0.6 is 0 Å². The lowest BCUT2D eigenvalue weighted by Gasteiger charge is -2.30. The van der Waals surface area contributed by atoms with Crippen molar-refractivity contribution in [3.8, 4) is 0 Å². The zero-order chi connectivity index (χ0) is 25.8. The lowest BCUT2D eigenvalue weighted by molar-refractivity contribution is 0.352. The fraction of sp³-hybridized carbons (Fsp3) is 0.548. The number of hydrogen-bond acceptors (Lipinski definition) is 2. The molecule has 0 aliphatic carbocycles. The van der Waals surface area contributed by atoms with Crippen LogP contribution in [0.4, 0.5) is 0 Å². The first-order chi connectivity index (χ1) is 16.0. The maximum atomic E-state index is 13.0. The summed E-state index contributed by atoms with van der Waals surface area (Å²) in [5.74, 6) is 0.653. The second-order valence-corrected chi connectivity index (χ2v) is 12.0. The zero-order valence-corrected chi connectivity index (χ0v) is 23.8. The Bertz CT molecular complexity index is 974. The van der Waals surface area contributed by atoms with Gasteiger partial charge in [0.15, 0.2) is 0 Å². The van der Waals surface area contributed by atoms with E-state index in [1.165, 1.54) is 29.6 Å². The van der Waals surface area contributed by atoms with Crippen molar-refractivity contribution < 1.29 is 8.42 Å². The van der Waals surface area contributed by atoms with E-state index in [0.717, 1.165) is 25.7 Å². The van der Waals surface area contributed by atoms with Crippen LogP contribution in [0.5, 0.6) is 0 Å². The van der Waals surface area contributed by atoms with Crippen molar-refractivity contribution in [2.45, 2.75) is 105 Å². The zero-order valence-electron chi connectivity index (χ0n) is 22.9. The summed E-state index contributed by atoms with van der Waals surface area (Å²) in [6, 6.07) is 8.73. The fourth-order valence-corrected chi connectivity index (χ4v) is 5.83. The molecule has 0 N–H and O–H groups in total. The van der Waals surface area contributed by atoms with Crippen LogP contribution in [0.15, 0.2) is 81.2 Å². The highest BCUT2D eigenvalue weighted by molar-refractivity contribution is 7.95. The van der Waals surface area contributed by atoms with Crippen molar-refractivity contribution in [2.24, 2.45) is 11.3 Å². The Balaban J connectivity index is 2.88. The van der Waals surface area contributed by atoms with Gasteiger partial charge in [-0.05, 0) is 96.6 Å². The first-order valence-electron chi connectivity index (χ1n) is 12.9. The molecule has 190 valence electrons. The highest BCUT2D eigenvalue weighted by Gasteiger charge is 2.25. The monoisotopic (exact) mass is 484 g/mol. The molecular formula is C31H48O2S. The number of hydrogen-bond donors (Lipinski definition) is 0. The minimum absolute atomic E-state index is 0.0654. The van der Waals surface area contributed by atoms with Gasteiger partial charge < -0.3 is 0 Å². The van der Waals surface area contributed by atoms with E-state index in [1.54, 1.807) is 30.3 Å². The SMILES string of the molecule is C/C=C(\C/C=C(\C)C(C)(CC)CC/C=C(\C)C(CC)CCC=C(C)C)S(=O)(=O)c1ccccc1. The largest absolute Gasteiger partial charge is 0.219 e. The standard InChI is InChI=1S/C31H48O2S/c1-9-28(19-15-17-25(4)5)26(6)18-16-24-31(8,11-3)27(7)22-23-29(10-2)34(32,33)30-20-13-12-14-21-30/h10,12-14,17-18,20-22,28H,9,11,15-16,19,23-24H2,1-8H3/b26-18+,27-22+,29-10+. The first kappa shape index (κ1) is 30.2. The van der Waals surface area contributed by atoms with E-state index in [1.807, 2.05) is 13.0 Å². The van der Waals surface area contributed by atoms with Gasteiger partial charge in [-0.15, -0.1) is 0 Å². The molecule has 1 rings (SSSR count). The molecule has 3 heteroatoms. The fourth-order valence-electron chi connectivity index (χ4n) is 4.40. The molecule has 0 radical (unpaired) electrons. The van der Waals surface area contributed by atoms with Crippen LogP contribution in [0.2, 0.25) is 0 Å². The average Bonchev–Trinajstić information content (AvgIpc) is 2.82. The molecule has 0 aliphatic rings. The summed E-state index contributed by atoms with van der Waals surface area (Å²) >= 11 is 0. The Labute approximate surface area is 210 Å². The van der Waals surface area contributed by atoms with E-state index < -0.39 is 9.84 Å². The van der Waals surface area contributed by atoms with E-state index in [2.05, 4.69) is 66.7 Å². The molecule has 0 saturated heterocycles. The molecule has 2 atom stereocenters. The van der Waals surface area contributed by atoms with Gasteiger partial charge in [0.25, 0.3) is 0 Å². The van der Waals surface area contributed by atoms with E-state index in [4.69, 9.17) is 0 Å². The number of sulfone groups is 1. The van der Waals surface area contributed by atoms with Gasteiger partial charge >= 0.3 is 0 Å². The predicted molar refractivity (Wildman–Crippen MR) is 150 cm³/mol. The van der Waals surface area contributed by atoms with Crippen LogP contribution in [0.1, 0.15) is 100 Å². The third-order valence-electron chi connectivity index (χ3n) is 7.43. The molecule has 0 aliphatic heterocycles. The Hall–Kier alpha value is -1.87. The van der Waals surface area contributed by atoms with Crippen LogP contribution in [0.25, 0.3) is 0 Å². The predicted octanol–water partition coefficient (Wildman–Crippen LogP) is 9.62. The smallest absolute Gasteiger partial charge is 0.202 e. The third kappa shape index (κ3) is 9.06. The molecule has 1 aromatic carbocycles. The van der Waals surface area contributed by atoms with Gasteiger partial charge in [-0.25, -0.2) is 8.42 Å². The normalized spacial score (nSPS) is 16.2. The second kappa shape index (κ2) is 14.5. The lowest BCUT2D eigenvalue weighted by atomic mass is 9.76. The molecule has 0 spiro atoms. The Morgan fingerprint density at radius 1 is 0.971 bits per heavy atom. The summed E-state index contributed by atoms with van der Waals surface area (Å²) in [5, 5.41) is 0. The maximum Gasteiger partial charge on any atom is 0.202 e. The summed E-state index contributed by atoms with van der Waals surface area (Å²) in [5.41, 5.74) is 4.25. The number of rotatable bonds is 14. The number of allylic oxidation sites excluding steroid dienone is 8. The highest BCUT2D eigenvalue weighted by atomic mass is 32.2. The molecule has 0 amide bonds. The van der Waals surface area contributed by atoms with Crippen LogP contribution in [-0.2, 0) is 9.84 Å². The van der Waals surface area contributed by atoms with E-state index in [9.17, 15) is 8.42 Å². The van der Waals surface area contributed by atoms with Gasteiger partial charge in [0.1, 0.15) is 0 Å². The topological polar surface area (TPSA) is 34.1 Å². The summed E-state index contributed by atoms with van der Waals surface area (Å²) in [4.78, 5) is 0.831. The molecular weight excluding hydrogens is 436 g/mol. The van der Waals surface area contributed by atoms with Gasteiger partial charge in [-0.3, -0.25) is 0 Å². The minimum Gasteiger partial charge on any atom is -0.219 e. The Kier molecular flexibility index (Phi) is 12.9. The van der Waals surface area contributed by atoms with Crippen molar-refractivity contribution in [1.29, 1.82) is 0 Å². The second-order valence-electron chi connectivity index (χ2n) is 10.0. The lowest BCUT2D eigenvalue weighted by Crippen LogP contribution is -2.17. The van der Waals surface area contributed by atoms with E-state index in [0.29, 0.717) is 22.1 Å². The first-order valence-corrected chi connectivity index (χ1v) is 14.4. The molecule has 0 bridgehead atoms. The summed E-state index contributed by atoms with van der Waals surface area (Å²) < 4.78 is 26.1. The molecule has 0 saturated carbocycles. The quantitative estimate of drug-likeness (QED) is 0.246. The summed E-state index contributed by atoms with van der Waals surface area (Å²) in [6.07, 6.45) is 15.8. The minimum atomic E-state index is -3.45. The van der Waals surface area contributed by atoms with Gasteiger partial charge in [-0.2, -0.15) is 0 Å². The van der Waals surface area contributed by atoms with Crippen LogP contribution in [-0.4, -0.2) is 8.42 Å². The summed E-state index contributed by atoms with van der Waals surface area (Å²) in [7, 11) is -3.45. The Morgan fingerprint density at radius 3 is 2.15 bits per heavy atom. The van der Waals surface area contributed by atoms with Crippen molar-refractivity contribution in [1.82, 2.24) is 0 Å². The van der Waals surface area contributed by atoms with Gasteiger partial charge in [0.05, 0.1) is 4.90 Å².